The van der Waals surface area contributed by atoms with E-state index in [4.69, 9.17) is 4.52 Å². The van der Waals surface area contributed by atoms with Crippen LogP contribution >= 0.6 is 0 Å². The second-order valence-electron chi connectivity index (χ2n) is 6.83. The third-order valence-corrected chi connectivity index (χ3v) is 4.84. The van der Waals surface area contributed by atoms with Gasteiger partial charge in [-0.25, -0.2) is 4.79 Å². The highest BCUT2D eigenvalue weighted by molar-refractivity contribution is 6.02. The van der Waals surface area contributed by atoms with Crippen LogP contribution in [0, 0.1) is 12.8 Å². The number of carboxylic acid groups (broad SMARTS) is 1. The van der Waals surface area contributed by atoms with Crippen molar-refractivity contribution >= 4 is 23.6 Å². The zero-order valence-electron chi connectivity index (χ0n) is 16.5. The first kappa shape index (κ1) is 20.8. The number of anilines is 1. The molecule has 2 atom stereocenters. The number of aliphatic carboxylic acids is 1. The molecule has 0 radical (unpaired) electrons. The fraction of sp³-hybridized carbons (Fsp3) is 0.182. The summed E-state index contributed by atoms with van der Waals surface area (Å²) in [7, 11) is 0. The Kier molecular flexibility index (Phi) is 5.96. The van der Waals surface area contributed by atoms with Gasteiger partial charge in [0.15, 0.2) is 11.4 Å². The fourth-order valence-electron chi connectivity index (χ4n) is 3.19. The highest BCUT2D eigenvalue weighted by Gasteiger charge is 2.50. The van der Waals surface area contributed by atoms with Crippen LogP contribution in [-0.2, 0) is 15.1 Å². The predicted octanol–water partition coefficient (Wildman–Crippen LogP) is 2.97. The third-order valence-electron chi connectivity index (χ3n) is 4.84. The van der Waals surface area contributed by atoms with E-state index < -0.39 is 29.2 Å². The summed E-state index contributed by atoms with van der Waals surface area (Å²) in [5, 5.41) is 19.1. The number of rotatable bonds is 7. The number of amides is 2. The third kappa shape index (κ3) is 4.07. The molecular formula is C22H21N3O5. The molecule has 0 aliphatic carbocycles. The number of carbonyl (C=O) groups excluding carboxylic acids is 2. The van der Waals surface area contributed by atoms with Crippen molar-refractivity contribution in [2.45, 2.75) is 19.4 Å². The second-order valence-corrected chi connectivity index (χ2v) is 6.83. The Hall–Kier alpha value is -3.94. The summed E-state index contributed by atoms with van der Waals surface area (Å²) in [4.78, 5) is 38.4. The van der Waals surface area contributed by atoms with Crippen molar-refractivity contribution in [3.8, 4) is 0 Å². The van der Waals surface area contributed by atoms with E-state index in [-0.39, 0.29) is 16.9 Å². The van der Waals surface area contributed by atoms with Gasteiger partial charge in [0.1, 0.15) is 5.76 Å². The van der Waals surface area contributed by atoms with E-state index in [2.05, 4.69) is 15.8 Å². The second kappa shape index (κ2) is 8.60. The molecule has 0 spiro atoms. The van der Waals surface area contributed by atoms with Gasteiger partial charge in [0.25, 0.3) is 5.91 Å². The van der Waals surface area contributed by atoms with E-state index in [1.807, 2.05) is 0 Å². The first-order valence-corrected chi connectivity index (χ1v) is 9.25. The Balaban J connectivity index is 2.02. The first-order valence-electron chi connectivity index (χ1n) is 9.25. The van der Waals surface area contributed by atoms with E-state index in [1.165, 1.54) is 13.0 Å². The topological polar surface area (TPSA) is 122 Å². The molecule has 0 fully saturated rings. The molecule has 2 aromatic carbocycles. The minimum atomic E-state index is -2.02. The van der Waals surface area contributed by atoms with Crippen molar-refractivity contribution < 1.29 is 24.0 Å². The van der Waals surface area contributed by atoms with Crippen LogP contribution in [0.4, 0.5) is 5.82 Å². The van der Waals surface area contributed by atoms with E-state index in [1.54, 1.807) is 67.6 Å². The number of aryl methyl sites for hydroxylation is 1. The summed E-state index contributed by atoms with van der Waals surface area (Å²) < 4.78 is 4.93. The number of nitrogens with zero attached hydrogens (tertiary/aromatic N) is 1. The summed E-state index contributed by atoms with van der Waals surface area (Å²) in [5.74, 6) is -3.16. The number of nitrogens with one attached hydrogen (secondary N) is 2. The van der Waals surface area contributed by atoms with E-state index in [0.29, 0.717) is 5.76 Å². The number of carbonyl (C=O) groups is 3. The average molecular weight is 407 g/mol. The normalized spacial score (nSPS) is 13.7. The average Bonchev–Trinajstić information content (AvgIpc) is 3.16. The number of benzene rings is 2. The van der Waals surface area contributed by atoms with Gasteiger partial charge in [-0.2, -0.15) is 0 Å². The molecule has 0 aliphatic rings. The molecule has 8 heteroatoms. The molecule has 3 rings (SSSR count). The van der Waals surface area contributed by atoms with Gasteiger partial charge in [-0.05, 0) is 24.6 Å². The molecule has 30 heavy (non-hydrogen) atoms. The van der Waals surface area contributed by atoms with Gasteiger partial charge in [-0.15, -0.1) is 0 Å². The quantitative estimate of drug-likeness (QED) is 0.554. The first-order chi connectivity index (χ1) is 14.3. The van der Waals surface area contributed by atoms with Gasteiger partial charge in [0.2, 0.25) is 5.91 Å². The summed E-state index contributed by atoms with van der Waals surface area (Å²) in [6.07, 6.45) is 0. The van der Waals surface area contributed by atoms with Gasteiger partial charge in [0, 0.05) is 11.6 Å². The van der Waals surface area contributed by atoms with Crippen LogP contribution in [0.25, 0.3) is 0 Å². The van der Waals surface area contributed by atoms with Gasteiger partial charge in [-0.1, -0.05) is 60.6 Å². The molecule has 0 saturated carbocycles. The van der Waals surface area contributed by atoms with Crippen molar-refractivity contribution in [2.75, 3.05) is 5.32 Å². The molecule has 3 aromatic rings. The van der Waals surface area contributed by atoms with Crippen LogP contribution < -0.4 is 10.6 Å². The molecule has 8 nitrogen and oxygen atoms in total. The van der Waals surface area contributed by atoms with Crippen LogP contribution in [-0.4, -0.2) is 28.0 Å². The van der Waals surface area contributed by atoms with E-state index in [0.717, 1.165) is 0 Å². The molecular weight excluding hydrogens is 386 g/mol. The van der Waals surface area contributed by atoms with Gasteiger partial charge >= 0.3 is 5.97 Å². The lowest BCUT2D eigenvalue weighted by molar-refractivity contribution is -0.150. The Morgan fingerprint density at radius 3 is 2.17 bits per heavy atom. The Bertz CT molecular complexity index is 1050. The van der Waals surface area contributed by atoms with Crippen molar-refractivity contribution in [1.29, 1.82) is 0 Å². The largest absolute Gasteiger partial charge is 0.479 e. The lowest BCUT2D eigenvalue weighted by Crippen LogP contribution is -2.58. The maximum Gasteiger partial charge on any atom is 0.334 e. The Morgan fingerprint density at radius 1 is 1.03 bits per heavy atom. The number of hydrogen-bond acceptors (Lipinski definition) is 5. The zero-order chi connectivity index (χ0) is 21.7. The number of aromatic nitrogens is 1. The highest BCUT2D eigenvalue weighted by Crippen LogP contribution is 2.32. The standard InChI is InChI=1S/C22H21N3O5/c1-14-13-18(25-30-14)23-19(26)15(2)22(21(28)29,17-11-7-4-8-12-17)24-20(27)16-9-5-3-6-10-16/h3-13,15H,1-2H3,(H,24,27)(H,28,29)(H,23,25,26). The number of carboxylic acids is 1. The lowest BCUT2D eigenvalue weighted by atomic mass is 9.77. The smallest absolute Gasteiger partial charge is 0.334 e. The van der Waals surface area contributed by atoms with Crippen LogP contribution in [0.15, 0.2) is 71.3 Å². The van der Waals surface area contributed by atoms with Crippen molar-refractivity contribution in [1.82, 2.24) is 10.5 Å². The summed E-state index contributed by atoms with van der Waals surface area (Å²) in [6, 6.07) is 17.9. The maximum absolute atomic E-state index is 13.0. The maximum atomic E-state index is 13.0. The van der Waals surface area contributed by atoms with Gasteiger partial charge in [0.05, 0.1) is 5.92 Å². The molecule has 0 saturated heterocycles. The monoisotopic (exact) mass is 407 g/mol. The molecule has 154 valence electrons. The fourth-order valence-corrected chi connectivity index (χ4v) is 3.19. The molecule has 1 aromatic heterocycles. The SMILES string of the molecule is Cc1cc(NC(=O)C(C)C(NC(=O)c2ccccc2)(C(=O)O)c2ccccc2)no1. The molecule has 2 amide bonds. The van der Waals surface area contributed by atoms with Crippen LogP contribution in [0.5, 0.6) is 0 Å². The van der Waals surface area contributed by atoms with E-state index >= 15 is 0 Å². The minimum Gasteiger partial charge on any atom is -0.479 e. The summed E-state index contributed by atoms with van der Waals surface area (Å²) in [6.45, 7) is 3.10. The summed E-state index contributed by atoms with van der Waals surface area (Å²) in [5.41, 5.74) is -1.48. The van der Waals surface area contributed by atoms with Crippen molar-refractivity contribution in [3.05, 3.63) is 83.6 Å². The molecule has 0 bridgehead atoms. The highest BCUT2D eigenvalue weighted by atomic mass is 16.5. The molecule has 2 unspecified atom stereocenters. The van der Waals surface area contributed by atoms with E-state index in [9.17, 15) is 19.5 Å². The number of hydrogen-bond donors (Lipinski definition) is 3. The van der Waals surface area contributed by atoms with Crippen molar-refractivity contribution in [2.24, 2.45) is 5.92 Å². The zero-order valence-corrected chi connectivity index (χ0v) is 16.5. The summed E-state index contributed by atoms with van der Waals surface area (Å²) >= 11 is 0. The van der Waals surface area contributed by atoms with Gasteiger partial charge < -0.3 is 20.3 Å². The lowest BCUT2D eigenvalue weighted by Gasteiger charge is -2.35. The molecule has 0 aliphatic heterocycles. The molecule has 1 heterocycles. The molecule has 3 N–H and O–H groups in total. The minimum absolute atomic E-state index is 0.158. The predicted molar refractivity (Wildman–Crippen MR) is 109 cm³/mol. The van der Waals surface area contributed by atoms with Gasteiger partial charge in [-0.3, -0.25) is 9.59 Å². The van der Waals surface area contributed by atoms with Crippen LogP contribution in [0.1, 0.15) is 28.6 Å². The van der Waals surface area contributed by atoms with Crippen LogP contribution in [0.3, 0.4) is 0 Å². The Labute approximate surface area is 172 Å². The van der Waals surface area contributed by atoms with Crippen molar-refractivity contribution in [3.63, 3.8) is 0 Å². The Morgan fingerprint density at radius 2 is 1.63 bits per heavy atom. The van der Waals surface area contributed by atoms with Crippen LogP contribution in [0.2, 0.25) is 0 Å².